The predicted molar refractivity (Wildman–Crippen MR) is 83.9 cm³/mol. The van der Waals surface area contributed by atoms with Crippen LogP contribution in [-0.4, -0.2) is 35.1 Å². The minimum absolute atomic E-state index is 0.225. The van der Waals surface area contributed by atoms with Gasteiger partial charge in [0.25, 0.3) is 0 Å². The van der Waals surface area contributed by atoms with Crippen LogP contribution in [0.25, 0.3) is 0 Å². The Morgan fingerprint density at radius 2 is 1.65 bits per heavy atom. The van der Waals surface area contributed by atoms with Crippen LogP contribution in [0.4, 0.5) is 0 Å². The normalized spacial score (nSPS) is 25.7. The first-order valence-electron chi connectivity index (χ1n) is 8.25. The molecule has 1 unspecified atom stereocenters. The van der Waals surface area contributed by atoms with E-state index in [1.54, 1.807) is 0 Å². The summed E-state index contributed by atoms with van der Waals surface area (Å²) in [4.78, 5) is 13.5. The molecule has 0 bridgehead atoms. The van der Waals surface area contributed by atoms with E-state index in [1.807, 2.05) is 0 Å². The molecular formula is C17H33NO2. The third-order valence-corrected chi connectivity index (χ3v) is 5.21. The Hall–Kier alpha value is -0.570. The molecule has 0 aromatic rings. The molecule has 0 amide bonds. The fourth-order valence-electron chi connectivity index (χ4n) is 3.84. The molecule has 3 nitrogen and oxygen atoms in total. The lowest BCUT2D eigenvalue weighted by atomic mass is 9.68. The summed E-state index contributed by atoms with van der Waals surface area (Å²) in [6, 6.07) is 0.225. The van der Waals surface area contributed by atoms with Gasteiger partial charge in [0.05, 0.1) is 6.42 Å². The van der Waals surface area contributed by atoms with E-state index in [4.69, 9.17) is 0 Å². The van der Waals surface area contributed by atoms with Crippen molar-refractivity contribution in [2.24, 2.45) is 17.3 Å². The predicted octanol–water partition coefficient (Wildman–Crippen LogP) is 4.02. The van der Waals surface area contributed by atoms with Crippen molar-refractivity contribution >= 4 is 5.97 Å². The van der Waals surface area contributed by atoms with Crippen molar-refractivity contribution in [3.63, 3.8) is 0 Å². The summed E-state index contributed by atoms with van der Waals surface area (Å²) >= 11 is 0. The number of hydrogen-bond acceptors (Lipinski definition) is 2. The molecule has 0 saturated heterocycles. The van der Waals surface area contributed by atoms with Crippen LogP contribution in [0.2, 0.25) is 0 Å². The zero-order valence-corrected chi connectivity index (χ0v) is 14.0. The minimum Gasteiger partial charge on any atom is -0.481 e. The second-order valence-electron chi connectivity index (χ2n) is 7.36. The van der Waals surface area contributed by atoms with Crippen LogP contribution in [0, 0.1) is 17.3 Å². The Bertz CT molecular complexity index is 297. The van der Waals surface area contributed by atoms with Crippen molar-refractivity contribution in [3.8, 4) is 0 Å². The fourth-order valence-corrected chi connectivity index (χ4v) is 3.84. The Morgan fingerprint density at radius 1 is 1.15 bits per heavy atom. The largest absolute Gasteiger partial charge is 0.481 e. The van der Waals surface area contributed by atoms with Crippen molar-refractivity contribution in [2.45, 2.75) is 72.8 Å². The van der Waals surface area contributed by atoms with Gasteiger partial charge in [0.1, 0.15) is 0 Å². The molecule has 0 aliphatic heterocycles. The summed E-state index contributed by atoms with van der Waals surface area (Å²) in [5.74, 6) is 0.699. The van der Waals surface area contributed by atoms with Crippen molar-refractivity contribution < 1.29 is 9.90 Å². The van der Waals surface area contributed by atoms with E-state index in [0.717, 1.165) is 19.0 Å². The molecule has 0 heterocycles. The number of carboxylic acid groups (broad SMARTS) is 1. The Balaban J connectivity index is 2.67. The molecule has 1 rings (SSSR count). The summed E-state index contributed by atoms with van der Waals surface area (Å²) in [6.45, 7) is 13.2. The van der Waals surface area contributed by atoms with Gasteiger partial charge in [-0.15, -0.1) is 0 Å². The molecule has 1 N–H and O–H groups in total. The number of rotatable bonds is 6. The lowest BCUT2D eigenvalue weighted by molar-refractivity contribution is -0.139. The highest BCUT2D eigenvalue weighted by molar-refractivity contribution is 5.67. The number of aliphatic carboxylic acids is 1. The van der Waals surface area contributed by atoms with Gasteiger partial charge in [0, 0.05) is 6.04 Å². The molecule has 1 fully saturated rings. The van der Waals surface area contributed by atoms with Gasteiger partial charge in [0.2, 0.25) is 0 Å². The molecule has 1 aliphatic rings. The lowest BCUT2D eigenvalue weighted by Crippen LogP contribution is -2.43. The van der Waals surface area contributed by atoms with Gasteiger partial charge in [-0.25, -0.2) is 0 Å². The van der Waals surface area contributed by atoms with Crippen LogP contribution >= 0.6 is 0 Å². The molecule has 3 heteroatoms. The number of nitrogens with zero attached hydrogens (tertiary/aromatic N) is 1. The lowest BCUT2D eigenvalue weighted by Gasteiger charge is -2.42. The number of carbonyl (C=O) groups is 1. The Morgan fingerprint density at radius 3 is 2.00 bits per heavy atom. The SMILES string of the molecule is CCN(CC)C(CC(=O)O)C1CCC(C(C)(C)C)CC1. The average Bonchev–Trinajstić information content (AvgIpc) is 2.37. The summed E-state index contributed by atoms with van der Waals surface area (Å²) in [5.41, 5.74) is 0.391. The maximum absolute atomic E-state index is 11.2. The van der Waals surface area contributed by atoms with Gasteiger partial charge in [-0.2, -0.15) is 0 Å². The van der Waals surface area contributed by atoms with Crippen molar-refractivity contribution in [1.82, 2.24) is 4.90 Å². The highest BCUT2D eigenvalue weighted by Gasteiger charge is 2.35. The molecule has 0 radical (unpaired) electrons. The van der Waals surface area contributed by atoms with Crippen LogP contribution in [-0.2, 0) is 4.79 Å². The molecule has 0 spiro atoms. The summed E-state index contributed by atoms with van der Waals surface area (Å²) in [6.07, 6.45) is 5.19. The zero-order chi connectivity index (χ0) is 15.3. The first-order chi connectivity index (χ1) is 9.29. The van der Waals surface area contributed by atoms with E-state index < -0.39 is 5.97 Å². The van der Waals surface area contributed by atoms with Gasteiger partial charge in [-0.05, 0) is 56.0 Å². The highest BCUT2D eigenvalue weighted by Crippen LogP contribution is 2.41. The van der Waals surface area contributed by atoms with Gasteiger partial charge in [-0.3, -0.25) is 4.79 Å². The third-order valence-electron chi connectivity index (χ3n) is 5.21. The van der Waals surface area contributed by atoms with E-state index >= 15 is 0 Å². The quantitative estimate of drug-likeness (QED) is 0.800. The van der Waals surface area contributed by atoms with E-state index in [-0.39, 0.29) is 6.04 Å². The maximum atomic E-state index is 11.2. The molecule has 1 atom stereocenters. The zero-order valence-electron chi connectivity index (χ0n) is 14.0. The molecule has 1 saturated carbocycles. The van der Waals surface area contributed by atoms with Crippen LogP contribution in [0.3, 0.4) is 0 Å². The fraction of sp³-hybridized carbons (Fsp3) is 0.941. The van der Waals surface area contributed by atoms with E-state index in [1.165, 1.54) is 25.7 Å². The van der Waals surface area contributed by atoms with Crippen LogP contribution in [0.1, 0.15) is 66.7 Å². The topological polar surface area (TPSA) is 40.5 Å². The number of carboxylic acids is 1. The maximum Gasteiger partial charge on any atom is 0.304 e. The highest BCUT2D eigenvalue weighted by atomic mass is 16.4. The summed E-state index contributed by atoms with van der Waals surface area (Å²) in [5, 5.41) is 9.21. The third kappa shape index (κ3) is 4.76. The standard InChI is InChI=1S/C17H33NO2/c1-6-18(7-2)15(12-16(19)20)13-8-10-14(11-9-13)17(3,4)5/h13-15H,6-12H2,1-5H3,(H,19,20). The van der Waals surface area contributed by atoms with E-state index in [2.05, 4.69) is 39.5 Å². The molecule has 0 aromatic heterocycles. The van der Waals surface area contributed by atoms with Crippen LogP contribution in [0.5, 0.6) is 0 Å². The molecule has 20 heavy (non-hydrogen) atoms. The van der Waals surface area contributed by atoms with E-state index in [9.17, 15) is 9.90 Å². The van der Waals surface area contributed by atoms with Crippen LogP contribution in [0.15, 0.2) is 0 Å². The van der Waals surface area contributed by atoms with E-state index in [0.29, 0.717) is 17.8 Å². The minimum atomic E-state index is -0.653. The second-order valence-corrected chi connectivity index (χ2v) is 7.36. The van der Waals surface area contributed by atoms with Crippen LogP contribution < -0.4 is 0 Å². The summed E-state index contributed by atoms with van der Waals surface area (Å²) in [7, 11) is 0. The average molecular weight is 283 g/mol. The molecule has 0 aromatic carbocycles. The van der Waals surface area contributed by atoms with Gasteiger partial charge >= 0.3 is 5.97 Å². The first kappa shape index (κ1) is 17.5. The monoisotopic (exact) mass is 283 g/mol. The Labute approximate surface area is 124 Å². The van der Waals surface area contributed by atoms with Gasteiger partial charge in [-0.1, -0.05) is 34.6 Å². The Kier molecular flexibility index (Phi) is 6.50. The summed E-state index contributed by atoms with van der Waals surface area (Å²) < 4.78 is 0. The molecule has 118 valence electrons. The smallest absolute Gasteiger partial charge is 0.304 e. The number of hydrogen-bond donors (Lipinski definition) is 1. The van der Waals surface area contributed by atoms with Crippen molar-refractivity contribution in [1.29, 1.82) is 0 Å². The molecule has 1 aliphatic carbocycles. The second kappa shape index (κ2) is 7.44. The van der Waals surface area contributed by atoms with Crippen molar-refractivity contribution in [3.05, 3.63) is 0 Å². The van der Waals surface area contributed by atoms with Crippen molar-refractivity contribution in [2.75, 3.05) is 13.1 Å². The van der Waals surface area contributed by atoms with Gasteiger partial charge < -0.3 is 10.0 Å². The van der Waals surface area contributed by atoms with Gasteiger partial charge in [0.15, 0.2) is 0 Å². The first-order valence-corrected chi connectivity index (χ1v) is 8.25. The molecular weight excluding hydrogens is 250 g/mol.